The number of ether oxygens (including phenoxy) is 1. The minimum absolute atomic E-state index is 0.0626. The van der Waals surface area contributed by atoms with Crippen molar-refractivity contribution >= 4 is 11.9 Å². The molecule has 0 fully saturated rings. The van der Waals surface area contributed by atoms with Gasteiger partial charge in [-0.15, -0.1) is 0 Å². The molecule has 0 saturated heterocycles. The van der Waals surface area contributed by atoms with Crippen molar-refractivity contribution in [2.45, 2.75) is 6.61 Å². The Labute approximate surface area is 114 Å². The maximum Gasteiger partial charge on any atom is 0.358 e. The van der Waals surface area contributed by atoms with Gasteiger partial charge < -0.3 is 14.9 Å². The summed E-state index contributed by atoms with van der Waals surface area (Å²) in [5, 5.41) is 17.8. The Bertz CT molecular complexity index is 654. The molecular weight excluding hydrogens is 262 g/mol. The number of aromatic nitrogens is 1. The molecule has 102 valence electrons. The molecule has 0 aliphatic rings. The minimum Gasteiger partial charge on any atom is -0.486 e. The van der Waals surface area contributed by atoms with E-state index in [-0.39, 0.29) is 23.6 Å². The Hall–Kier alpha value is -2.89. The average Bonchev–Trinajstić information content (AvgIpc) is 2.45. The third-order valence-electron chi connectivity index (χ3n) is 2.54. The highest BCUT2D eigenvalue weighted by Gasteiger charge is 2.12. The predicted octanol–water partition coefficient (Wildman–Crippen LogP) is 2.06. The molecule has 2 N–H and O–H groups in total. The lowest BCUT2D eigenvalue weighted by Crippen LogP contribution is -2.06. The van der Waals surface area contributed by atoms with Gasteiger partial charge in [-0.3, -0.25) is 0 Å². The van der Waals surface area contributed by atoms with Crippen LogP contribution in [-0.2, 0) is 6.61 Å². The standard InChI is InChI=1S/C14H11NO5/c16-13(17)10-4-1-3-9(7-10)8-20-11-5-2-6-15-12(11)14(18)19/h1-7H,8H2,(H,16,17)(H,18,19). The molecule has 6 heteroatoms. The van der Waals surface area contributed by atoms with Crippen LogP contribution in [0.5, 0.6) is 5.75 Å². The van der Waals surface area contributed by atoms with E-state index in [1.165, 1.54) is 24.4 Å². The maximum atomic E-state index is 11.0. The van der Waals surface area contributed by atoms with Crippen molar-refractivity contribution in [3.63, 3.8) is 0 Å². The van der Waals surface area contributed by atoms with Gasteiger partial charge in [0.2, 0.25) is 0 Å². The highest BCUT2D eigenvalue weighted by Crippen LogP contribution is 2.17. The number of benzene rings is 1. The first-order chi connectivity index (χ1) is 9.58. The summed E-state index contributed by atoms with van der Waals surface area (Å²) in [5.74, 6) is -2.07. The van der Waals surface area contributed by atoms with Crippen LogP contribution in [0.3, 0.4) is 0 Å². The van der Waals surface area contributed by atoms with Gasteiger partial charge in [0.05, 0.1) is 5.56 Å². The van der Waals surface area contributed by atoms with Gasteiger partial charge in [-0.2, -0.15) is 0 Å². The lowest BCUT2D eigenvalue weighted by molar-refractivity contribution is 0.0679. The normalized spacial score (nSPS) is 10.0. The summed E-state index contributed by atoms with van der Waals surface area (Å²) in [5.41, 5.74) is 0.600. The number of aromatic carboxylic acids is 2. The van der Waals surface area contributed by atoms with Crippen LogP contribution in [0.15, 0.2) is 42.6 Å². The van der Waals surface area contributed by atoms with Crippen LogP contribution in [-0.4, -0.2) is 27.1 Å². The number of rotatable bonds is 5. The molecule has 2 rings (SSSR count). The van der Waals surface area contributed by atoms with Gasteiger partial charge in [0.25, 0.3) is 0 Å². The summed E-state index contributed by atoms with van der Waals surface area (Å²) in [7, 11) is 0. The molecule has 0 radical (unpaired) electrons. The zero-order valence-corrected chi connectivity index (χ0v) is 10.3. The molecule has 6 nitrogen and oxygen atoms in total. The van der Waals surface area contributed by atoms with E-state index in [1.54, 1.807) is 18.2 Å². The van der Waals surface area contributed by atoms with Crippen molar-refractivity contribution in [3.05, 3.63) is 59.4 Å². The lowest BCUT2D eigenvalue weighted by atomic mass is 10.1. The molecular formula is C14H11NO5. The molecule has 20 heavy (non-hydrogen) atoms. The van der Waals surface area contributed by atoms with Crippen LogP contribution in [0.2, 0.25) is 0 Å². The molecule has 1 aromatic carbocycles. The first-order valence-electron chi connectivity index (χ1n) is 5.71. The Kier molecular flexibility index (Phi) is 3.95. The number of carboxylic acid groups (broad SMARTS) is 2. The Morgan fingerprint density at radius 2 is 1.90 bits per heavy atom. The molecule has 0 amide bonds. The van der Waals surface area contributed by atoms with Crippen LogP contribution in [0.25, 0.3) is 0 Å². The van der Waals surface area contributed by atoms with Gasteiger partial charge in [0.1, 0.15) is 6.61 Å². The van der Waals surface area contributed by atoms with Gasteiger partial charge in [-0.05, 0) is 29.8 Å². The molecule has 0 saturated carbocycles. The molecule has 2 aromatic rings. The number of pyridine rings is 1. The smallest absolute Gasteiger partial charge is 0.358 e. The van der Waals surface area contributed by atoms with E-state index in [0.717, 1.165) is 0 Å². The van der Waals surface area contributed by atoms with Gasteiger partial charge in [0, 0.05) is 6.20 Å². The van der Waals surface area contributed by atoms with Gasteiger partial charge in [-0.25, -0.2) is 14.6 Å². The fourth-order valence-corrected chi connectivity index (χ4v) is 1.62. The molecule has 0 spiro atoms. The van der Waals surface area contributed by atoms with Crippen LogP contribution < -0.4 is 4.74 Å². The van der Waals surface area contributed by atoms with E-state index < -0.39 is 11.9 Å². The molecule has 0 aliphatic carbocycles. The van der Waals surface area contributed by atoms with Gasteiger partial charge in [-0.1, -0.05) is 12.1 Å². The second-order valence-corrected chi connectivity index (χ2v) is 3.95. The summed E-state index contributed by atoms with van der Waals surface area (Å²) < 4.78 is 5.38. The number of hydrogen-bond donors (Lipinski definition) is 2. The summed E-state index contributed by atoms with van der Waals surface area (Å²) in [4.78, 5) is 25.5. The summed E-state index contributed by atoms with van der Waals surface area (Å²) in [6.45, 7) is 0.0626. The van der Waals surface area contributed by atoms with Crippen LogP contribution in [0.4, 0.5) is 0 Å². The molecule has 0 atom stereocenters. The van der Waals surface area contributed by atoms with Crippen LogP contribution in [0.1, 0.15) is 26.4 Å². The first kappa shape index (κ1) is 13.5. The first-order valence-corrected chi connectivity index (χ1v) is 5.71. The minimum atomic E-state index is -1.18. The lowest BCUT2D eigenvalue weighted by Gasteiger charge is -2.08. The SMILES string of the molecule is O=C(O)c1cccc(COc2cccnc2C(=O)O)c1. The maximum absolute atomic E-state index is 11.0. The molecule has 1 heterocycles. The number of carboxylic acids is 2. The average molecular weight is 273 g/mol. The van der Waals surface area contributed by atoms with Crippen molar-refractivity contribution < 1.29 is 24.5 Å². The zero-order valence-electron chi connectivity index (χ0n) is 10.3. The topological polar surface area (TPSA) is 96.7 Å². The van der Waals surface area contributed by atoms with Crippen LogP contribution >= 0.6 is 0 Å². The van der Waals surface area contributed by atoms with Crippen molar-refractivity contribution in [1.29, 1.82) is 0 Å². The molecule has 0 unspecified atom stereocenters. The largest absolute Gasteiger partial charge is 0.486 e. The van der Waals surface area contributed by atoms with Crippen molar-refractivity contribution in [1.82, 2.24) is 4.98 Å². The van der Waals surface area contributed by atoms with Crippen molar-refractivity contribution in [2.75, 3.05) is 0 Å². The van der Waals surface area contributed by atoms with Gasteiger partial charge >= 0.3 is 11.9 Å². The third-order valence-corrected chi connectivity index (χ3v) is 2.54. The second-order valence-electron chi connectivity index (χ2n) is 3.95. The summed E-state index contributed by atoms with van der Waals surface area (Å²) in [6, 6.07) is 9.30. The van der Waals surface area contributed by atoms with Crippen molar-refractivity contribution in [2.24, 2.45) is 0 Å². The number of hydrogen-bond acceptors (Lipinski definition) is 4. The second kappa shape index (κ2) is 5.83. The van der Waals surface area contributed by atoms with E-state index in [0.29, 0.717) is 5.56 Å². The monoisotopic (exact) mass is 273 g/mol. The van der Waals surface area contributed by atoms with E-state index in [1.807, 2.05) is 0 Å². The highest BCUT2D eigenvalue weighted by atomic mass is 16.5. The van der Waals surface area contributed by atoms with E-state index in [2.05, 4.69) is 4.98 Å². The fourth-order valence-electron chi connectivity index (χ4n) is 1.62. The zero-order chi connectivity index (χ0) is 14.5. The van der Waals surface area contributed by atoms with Crippen LogP contribution in [0, 0.1) is 0 Å². The number of nitrogens with zero attached hydrogens (tertiary/aromatic N) is 1. The van der Waals surface area contributed by atoms with E-state index in [9.17, 15) is 9.59 Å². The highest BCUT2D eigenvalue weighted by molar-refractivity contribution is 5.88. The molecule has 1 aromatic heterocycles. The quantitative estimate of drug-likeness (QED) is 0.865. The Morgan fingerprint density at radius 1 is 1.10 bits per heavy atom. The van der Waals surface area contributed by atoms with E-state index >= 15 is 0 Å². The summed E-state index contributed by atoms with van der Waals surface area (Å²) >= 11 is 0. The van der Waals surface area contributed by atoms with Gasteiger partial charge in [0.15, 0.2) is 11.4 Å². The Morgan fingerprint density at radius 3 is 2.60 bits per heavy atom. The van der Waals surface area contributed by atoms with Crippen molar-refractivity contribution in [3.8, 4) is 5.75 Å². The predicted molar refractivity (Wildman–Crippen MR) is 68.9 cm³/mol. The molecule has 0 bridgehead atoms. The summed E-state index contributed by atoms with van der Waals surface area (Å²) in [6.07, 6.45) is 1.36. The van der Waals surface area contributed by atoms with E-state index in [4.69, 9.17) is 14.9 Å². The molecule has 0 aliphatic heterocycles. The Balaban J connectivity index is 2.15. The fraction of sp³-hybridized carbons (Fsp3) is 0.0714. The number of carbonyl (C=O) groups is 2. The third kappa shape index (κ3) is 3.11.